The van der Waals surface area contributed by atoms with Crippen molar-refractivity contribution in [2.45, 2.75) is 12.0 Å². The van der Waals surface area contributed by atoms with Crippen molar-refractivity contribution in [3.8, 4) is 11.1 Å². The van der Waals surface area contributed by atoms with Gasteiger partial charge < -0.3 is 19.3 Å². The number of hydrogen-bond donors (Lipinski definition) is 0. The quantitative estimate of drug-likeness (QED) is 0.513. The summed E-state index contributed by atoms with van der Waals surface area (Å²) in [6, 6.07) is 14.2. The van der Waals surface area contributed by atoms with Gasteiger partial charge in [-0.3, -0.25) is 14.4 Å². The van der Waals surface area contributed by atoms with Crippen LogP contribution in [-0.2, 0) is 21.3 Å². The summed E-state index contributed by atoms with van der Waals surface area (Å²) in [5, 5.41) is 5.39. The van der Waals surface area contributed by atoms with Crippen molar-refractivity contribution in [1.29, 1.82) is 0 Å². The van der Waals surface area contributed by atoms with E-state index in [0.29, 0.717) is 25.5 Å². The van der Waals surface area contributed by atoms with Crippen molar-refractivity contribution in [3.05, 3.63) is 54.2 Å². The van der Waals surface area contributed by atoms with Gasteiger partial charge in [0.15, 0.2) is 5.54 Å². The largest absolute Gasteiger partial charge is 0.453 e. The first kappa shape index (κ1) is 24.9. The number of aromatic nitrogens is 2. The maximum absolute atomic E-state index is 13.7. The minimum Gasteiger partial charge on any atom is -0.453 e. The highest BCUT2D eigenvalue weighted by Gasteiger charge is 2.58. The Kier molecular flexibility index (Phi) is 6.00. The molecule has 0 radical (unpaired) electrons. The van der Waals surface area contributed by atoms with Gasteiger partial charge in [0, 0.05) is 37.6 Å². The van der Waals surface area contributed by atoms with E-state index >= 15 is 0 Å². The molecular weight excluding hydrogens is 500 g/mol. The topological polar surface area (TPSA) is 110 Å². The maximum Gasteiger partial charge on any atom is 0.409 e. The summed E-state index contributed by atoms with van der Waals surface area (Å²) in [6.45, 7) is 1.90. The van der Waals surface area contributed by atoms with Crippen molar-refractivity contribution in [3.63, 3.8) is 0 Å². The number of carbonyl (C=O) groups is 3. The number of amides is 3. The van der Waals surface area contributed by atoms with Gasteiger partial charge >= 0.3 is 12.2 Å². The number of nitrogens with zero attached hydrogens (tertiary/aromatic N) is 6. The monoisotopic (exact) mass is 530 g/mol. The van der Waals surface area contributed by atoms with Gasteiger partial charge in [-0.05, 0) is 35.6 Å². The normalized spacial score (nSPS) is 20.0. The molecule has 3 aromatic rings. The minimum absolute atomic E-state index is 0.0932. The highest BCUT2D eigenvalue weighted by Crippen LogP contribution is 2.36. The molecule has 11 heteroatoms. The van der Waals surface area contributed by atoms with Crippen LogP contribution in [0, 0.1) is 5.92 Å². The first-order chi connectivity index (χ1) is 18.8. The summed E-state index contributed by atoms with van der Waals surface area (Å²) >= 11 is 0. The van der Waals surface area contributed by atoms with E-state index in [2.05, 4.69) is 23.3 Å². The fourth-order valence-corrected chi connectivity index (χ4v) is 5.79. The molecule has 1 spiro atoms. The number of aryl methyl sites for hydroxylation is 1. The Hall–Kier alpha value is -4.41. The van der Waals surface area contributed by atoms with Gasteiger partial charge in [0.25, 0.3) is 5.91 Å². The fraction of sp³-hybridized carbons (Fsp3) is 0.393. The predicted octanol–water partition coefficient (Wildman–Crippen LogP) is 2.74. The van der Waals surface area contributed by atoms with Crippen molar-refractivity contribution < 1.29 is 23.9 Å². The molecule has 11 nitrogen and oxygen atoms in total. The molecule has 202 valence electrons. The molecule has 0 N–H and O–H groups in total. The van der Waals surface area contributed by atoms with Crippen LogP contribution >= 0.6 is 0 Å². The Bertz CT molecular complexity index is 1490. The molecule has 0 aliphatic carbocycles. The lowest BCUT2D eigenvalue weighted by Crippen LogP contribution is -2.66. The van der Waals surface area contributed by atoms with Gasteiger partial charge in [0.05, 0.1) is 39.0 Å². The van der Waals surface area contributed by atoms with E-state index in [0.717, 1.165) is 34.0 Å². The SMILES string of the molecule is COC(=O)N1CCC(CN2C(=O)C3(CN(C(=O)OC)C3)N=C2c2ccc(-c3ccc4c(cnn4C)c3)cc2)C1. The number of hydrogen-bond acceptors (Lipinski definition) is 7. The molecule has 3 aliphatic heterocycles. The summed E-state index contributed by atoms with van der Waals surface area (Å²) in [6.07, 6.45) is 1.79. The summed E-state index contributed by atoms with van der Waals surface area (Å²) < 4.78 is 11.5. The first-order valence-electron chi connectivity index (χ1n) is 12.9. The lowest BCUT2D eigenvalue weighted by atomic mass is 9.90. The number of likely N-dealkylation sites (tertiary alicyclic amines) is 2. The van der Waals surface area contributed by atoms with E-state index in [1.165, 1.54) is 19.1 Å². The highest BCUT2D eigenvalue weighted by atomic mass is 16.5. The second-order valence-electron chi connectivity index (χ2n) is 10.4. The third-order valence-electron chi connectivity index (χ3n) is 7.94. The molecule has 0 bridgehead atoms. The molecule has 39 heavy (non-hydrogen) atoms. The zero-order valence-corrected chi connectivity index (χ0v) is 22.2. The van der Waals surface area contributed by atoms with Gasteiger partial charge in [0.1, 0.15) is 5.84 Å². The molecule has 0 saturated carbocycles. The number of fused-ring (bicyclic) bond motifs is 1. The van der Waals surface area contributed by atoms with Gasteiger partial charge in [-0.15, -0.1) is 0 Å². The summed E-state index contributed by atoms with van der Waals surface area (Å²) in [5.41, 5.74) is 3.00. The molecule has 3 amide bonds. The van der Waals surface area contributed by atoms with Crippen LogP contribution in [0.1, 0.15) is 12.0 Å². The van der Waals surface area contributed by atoms with Crippen LogP contribution < -0.4 is 0 Å². The molecular formula is C28H30N6O5. The molecule has 2 saturated heterocycles. The van der Waals surface area contributed by atoms with Crippen LogP contribution in [-0.4, -0.2) is 101 Å². The number of rotatable bonds is 4. The van der Waals surface area contributed by atoms with Crippen LogP contribution in [0.15, 0.2) is 53.7 Å². The van der Waals surface area contributed by atoms with E-state index in [9.17, 15) is 14.4 Å². The molecule has 1 unspecified atom stereocenters. The number of aliphatic imine (C=N–C) groups is 1. The lowest BCUT2D eigenvalue weighted by molar-refractivity contribution is -0.136. The third kappa shape index (κ3) is 4.18. The fourth-order valence-electron chi connectivity index (χ4n) is 5.79. The summed E-state index contributed by atoms with van der Waals surface area (Å²) in [4.78, 5) is 47.5. The van der Waals surface area contributed by atoms with Gasteiger partial charge in [-0.25, -0.2) is 14.6 Å². The number of benzene rings is 2. The third-order valence-corrected chi connectivity index (χ3v) is 7.94. The van der Waals surface area contributed by atoms with E-state index in [-0.39, 0.29) is 31.0 Å². The van der Waals surface area contributed by atoms with E-state index < -0.39 is 11.6 Å². The molecule has 4 heterocycles. The maximum atomic E-state index is 13.7. The van der Waals surface area contributed by atoms with E-state index in [4.69, 9.17) is 14.5 Å². The number of carbonyl (C=O) groups excluding carboxylic acids is 3. The zero-order chi connectivity index (χ0) is 27.3. The highest BCUT2D eigenvalue weighted by molar-refractivity contribution is 6.16. The Balaban J connectivity index is 1.27. The minimum atomic E-state index is -1.01. The molecule has 2 fully saturated rings. The van der Waals surface area contributed by atoms with Crippen LogP contribution in [0.4, 0.5) is 9.59 Å². The predicted molar refractivity (Wildman–Crippen MR) is 143 cm³/mol. The molecule has 3 aliphatic rings. The number of ether oxygens (including phenoxy) is 2. The number of amidine groups is 1. The molecule has 1 atom stereocenters. The molecule has 1 aromatic heterocycles. The van der Waals surface area contributed by atoms with Crippen LogP contribution in [0.3, 0.4) is 0 Å². The Morgan fingerprint density at radius 2 is 1.64 bits per heavy atom. The average Bonchev–Trinajstić information content (AvgIpc) is 3.64. The van der Waals surface area contributed by atoms with Crippen molar-refractivity contribution in [1.82, 2.24) is 24.5 Å². The first-order valence-corrected chi connectivity index (χ1v) is 12.9. The second kappa shape index (κ2) is 9.40. The van der Waals surface area contributed by atoms with Gasteiger partial charge in [0.2, 0.25) is 0 Å². The smallest absolute Gasteiger partial charge is 0.409 e. The second-order valence-corrected chi connectivity index (χ2v) is 10.4. The zero-order valence-electron chi connectivity index (χ0n) is 22.2. The van der Waals surface area contributed by atoms with Crippen LogP contribution in [0.5, 0.6) is 0 Å². The van der Waals surface area contributed by atoms with Crippen molar-refractivity contribution in [2.75, 3.05) is 46.9 Å². The summed E-state index contributed by atoms with van der Waals surface area (Å²) in [7, 11) is 4.62. The van der Waals surface area contributed by atoms with E-state index in [1.807, 2.05) is 42.2 Å². The number of methoxy groups -OCH3 is 2. The molecule has 2 aromatic carbocycles. The Labute approximate surface area is 225 Å². The summed E-state index contributed by atoms with van der Waals surface area (Å²) in [5.74, 6) is 0.561. The van der Waals surface area contributed by atoms with Gasteiger partial charge in [-0.1, -0.05) is 30.3 Å². The Morgan fingerprint density at radius 3 is 2.36 bits per heavy atom. The van der Waals surface area contributed by atoms with Gasteiger partial charge in [-0.2, -0.15) is 5.10 Å². The Morgan fingerprint density at radius 1 is 0.974 bits per heavy atom. The van der Waals surface area contributed by atoms with Crippen molar-refractivity contribution >= 4 is 34.8 Å². The van der Waals surface area contributed by atoms with E-state index in [1.54, 1.807) is 9.80 Å². The van der Waals surface area contributed by atoms with Crippen LogP contribution in [0.25, 0.3) is 22.0 Å². The molecule has 6 rings (SSSR count). The van der Waals surface area contributed by atoms with Crippen LogP contribution in [0.2, 0.25) is 0 Å². The average molecular weight is 531 g/mol. The lowest BCUT2D eigenvalue weighted by Gasteiger charge is -2.43. The standard InChI is InChI=1S/C28H30N6O5/c1-31-23-9-8-21(12-22(23)13-29-31)19-4-6-20(7-5-19)24-30-28(16-33(17-28)27(37)39-3)25(35)34(24)15-18-10-11-32(14-18)26(36)38-2/h4-9,12-13,18H,10-11,14-17H2,1-3H3. The van der Waals surface area contributed by atoms with Crippen molar-refractivity contribution in [2.24, 2.45) is 18.0 Å².